The first-order valence-electron chi connectivity index (χ1n) is 9.92. The summed E-state index contributed by atoms with van der Waals surface area (Å²) in [4.78, 5) is 29.0. The number of aryl methyl sites for hydroxylation is 1. The summed E-state index contributed by atoms with van der Waals surface area (Å²) in [5, 5.41) is 12.2. The van der Waals surface area contributed by atoms with E-state index in [9.17, 15) is 9.59 Å². The quantitative estimate of drug-likeness (QED) is 0.657. The van der Waals surface area contributed by atoms with Gasteiger partial charge in [-0.05, 0) is 62.2 Å². The van der Waals surface area contributed by atoms with Crippen molar-refractivity contribution in [2.45, 2.75) is 25.8 Å². The van der Waals surface area contributed by atoms with Crippen molar-refractivity contribution in [1.82, 2.24) is 19.9 Å². The van der Waals surface area contributed by atoms with Gasteiger partial charge in [-0.25, -0.2) is 0 Å². The zero-order valence-electron chi connectivity index (χ0n) is 17.2. The van der Waals surface area contributed by atoms with Crippen molar-refractivity contribution in [3.05, 3.63) is 64.9 Å². The lowest BCUT2D eigenvalue weighted by Gasteiger charge is -2.23. The molecule has 0 aliphatic carbocycles. The fourth-order valence-electron chi connectivity index (χ4n) is 3.61. The molecule has 9 heteroatoms. The normalized spacial score (nSPS) is 15.7. The van der Waals surface area contributed by atoms with Gasteiger partial charge in [0, 0.05) is 17.3 Å². The second-order valence-electron chi connectivity index (χ2n) is 7.28. The molecule has 1 aromatic heterocycles. The first kappa shape index (κ1) is 20.9. The lowest BCUT2D eigenvalue weighted by atomic mass is 10.2. The predicted octanol–water partition coefficient (Wildman–Crippen LogP) is 3.48. The Morgan fingerprint density at radius 2 is 1.94 bits per heavy atom. The molecule has 1 saturated heterocycles. The van der Waals surface area contributed by atoms with E-state index in [-0.39, 0.29) is 17.5 Å². The molecule has 31 heavy (non-hydrogen) atoms. The molecule has 4 rings (SSSR count). The SMILES string of the molecule is COc1ccc(NC(=O)C2CCCN2C(=O)c2nn(-c3cccc(Cl)c3)nc2C)cc1. The first-order valence-corrected chi connectivity index (χ1v) is 10.3. The summed E-state index contributed by atoms with van der Waals surface area (Å²) >= 11 is 6.05. The summed E-state index contributed by atoms with van der Waals surface area (Å²) in [6, 6.07) is 13.6. The van der Waals surface area contributed by atoms with E-state index in [0.29, 0.717) is 40.8 Å². The minimum Gasteiger partial charge on any atom is -0.497 e. The summed E-state index contributed by atoms with van der Waals surface area (Å²) in [5.41, 5.74) is 2.02. The molecule has 1 unspecified atom stereocenters. The topological polar surface area (TPSA) is 89.4 Å². The number of amides is 2. The zero-order valence-corrected chi connectivity index (χ0v) is 18.0. The van der Waals surface area contributed by atoms with Crippen LogP contribution in [0, 0.1) is 6.92 Å². The second kappa shape index (κ2) is 8.77. The highest BCUT2D eigenvalue weighted by Gasteiger charge is 2.36. The Morgan fingerprint density at radius 3 is 2.65 bits per heavy atom. The summed E-state index contributed by atoms with van der Waals surface area (Å²) in [6.07, 6.45) is 1.34. The number of aromatic nitrogens is 3. The molecule has 0 spiro atoms. The zero-order chi connectivity index (χ0) is 22.0. The average Bonchev–Trinajstić information content (AvgIpc) is 3.41. The van der Waals surface area contributed by atoms with Gasteiger partial charge >= 0.3 is 0 Å². The van der Waals surface area contributed by atoms with Gasteiger partial charge in [0.15, 0.2) is 5.69 Å². The maximum absolute atomic E-state index is 13.2. The third-order valence-corrected chi connectivity index (χ3v) is 5.43. The third kappa shape index (κ3) is 4.39. The highest BCUT2D eigenvalue weighted by Crippen LogP contribution is 2.23. The monoisotopic (exact) mass is 439 g/mol. The molecule has 0 bridgehead atoms. The fourth-order valence-corrected chi connectivity index (χ4v) is 3.80. The molecule has 3 aromatic rings. The number of methoxy groups -OCH3 is 1. The van der Waals surface area contributed by atoms with Crippen LogP contribution in [0.5, 0.6) is 5.75 Å². The molecular formula is C22H22ClN5O3. The molecule has 1 fully saturated rings. The Bertz CT molecular complexity index is 1110. The molecule has 2 heterocycles. The van der Waals surface area contributed by atoms with Gasteiger partial charge in [-0.15, -0.1) is 5.10 Å². The van der Waals surface area contributed by atoms with E-state index in [1.807, 2.05) is 0 Å². The lowest BCUT2D eigenvalue weighted by molar-refractivity contribution is -0.119. The number of anilines is 1. The predicted molar refractivity (Wildman–Crippen MR) is 117 cm³/mol. The van der Waals surface area contributed by atoms with Gasteiger partial charge in [-0.3, -0.25) is 9.59 Å². The van der Waals surface area contributed by atoms with Crippen LogP contribution < -0.4 is 10.1 Å². The third-order valence-electron chi connectivity index (χ3n) is 5.20. The van der Waals surface area contributed by atoms with Crippen LogP contribution in [0.4, 0.5) is 5.69 Å². The average molecular weight is 440 g/mol. The van der Waals surface area contributed by atoms with Gasteiger partial charge in [-0.2, -0.15) is 9.90 Å². The van der Waals surface area contributed by atoms with E-state index in [2.05, 4.69) is 15.5 Å². The number of hydrogen-bond donors (Lipinski definition) is 1. The number of ether oxygens (including phenoxy) is 1. The van der Waals surface area contributed by atoms with E-state index < -0.39 is 6.04 Å². The Hall–Kier alpha value is -3.39. The fraction of sp³-hybridized carbons (Fsp3) is 0.273. The van der Waals surface area contributed by atoms with E-state index >= 15 is 0 Å². The minimum absolute atomic E-state index is 0.226. The van der Waals surface area contributed by atoms with Gasteiger partial charge in [0.05, 0.1) is 18.5 Å². The Labute approximate surface area is 184 Å². The number of carbonyl (C=O) groups is 2. The molecule has 2 aromatic carbocycles. The van der Waals surface area contributed by atoms with Gasteiger partial charge in [0.1, 0.15) is 11.8 Å². The first-order chi connectivity index (χ1) is 15.0. The molecule has 1 N–H and O–H groups in total. The van der Waals surface area contributed by atoms with Crippen molar-refractivity contribution in [3.8, 4) is 11.4 Å². The number of rotatable bonds is 5. The van der Waals surface area contributed by atoms with Crippen LogP contribution in [-0.2, 0) is 4.79 Å². The van der Waals surface area contributed by atoms with Crippen molar-refractivity contribution in [1.29, 1.82) is 0 Å². The number of halogens is 1. The van der Waals surface area contributed by atoms with Crippen LogP contribution in [0.1, 0.15) is 29.0 Å². The van der Waals surface area contributed by atoms with E-state index in [4.69, 9.17) is 16.3 Å². The van der Waals surface area contributed by atoms with Crippen molar-refractivity contribution in [2.24, 2.45) is 0 Å². The maximum Gasteiger partial charge on any atom is 0.277 e. The van der Waals surface area contributed by atoms with Gasteiger partial charge < -0.3 is 15.0 Å². The van der Waals surface area contributed by atoms with Crippen LogP contribution in [0.15, 0.2) is 48.5 Å². The van der Waals surface area contributed by atoms with Crippen LogP contribution in [0.2, 0.25) is 5.02 Å². The molecule has 8 nitrogen and oxygen atoms in total. The largest absolute Gasteiger partial charge is 0.497 e. The number of benzene rings is 2. The van der Waals surface area contributed by atoms with Crippen LogP contribution in [-0.4, -0.2) is 51.4 Å². The number of carbonyl (C=O) groups excluding carboxylic acids is 2. The summed E-state index contributed by atoms with van der Waals surface area (Å²) in [6.45, 7) is 2.22. The van der Waals surface area contributed by atoms with Crippen LogP contribution >= 0.6 is 11.6 Å². The van der Waals surface area contributed by atoms with Gasteiger partial charge in [0.25, 0.3) is 5.91 Å². The van der Waals surface area contributed by atoms with E-state index in [1.165, 1.54) is 4.80 Å². The highest BCUT2D eigenvalue weighted by atomic mass is 35.5. The van der Waals surface area contributed by atoms with Crippen molar-refractivity contribution in [2.75, 3.05) is 19.0 Å². The van der Waals surface area contributed by atoms with E-state index in [0.717, 1.165) is 6.42 Å². The molecule has 1 aliphatic heterocycles. The molecule has 1 atom stereocenters. The molecule has 0 radical (unpaired) electrons. The van der Waals surface area contributed by atoms with Crippen LogP contribution in [0.3, 0.4) is 0 Å². The number of nitrogens with zero attached hydrogens (tertiary/aromatic N) is 4. The van der Waals surface area contributed by atoms with Gasteiger partial charge in [-0.1, -0.05) is 17.7 Å². The summed E-state index contributed by atoms with van der Waals surface area (Å²) in [7, 11) is 1.58. The molecule has 160 valence electrons. The standard InChI is InChI=1S/C22H22ClN5O3/c1-14-20(26-28(25-14)17-6-3-5-15(23)13-17)22(30)27-12-4-7-19(27)21(29)24-16-8-10-18(31-2)11-9-16/h3,5-6,8-11,13,19H,4,7,12H2,1-2H3,(H,24,29). The second-order valence-corrected chi connectivity index (χ2v) is 7.71. The number of likely N-dealkylation sites (tertiary alicyclic amines) is 1. The molecule has 2 amide bonds. The Balaban J connectivity index is 1.51. The number of nitrogens with one attached hydrogen (secondary N) is 1. The lowest BCUT2D eigenvalue weighted by Crippen LogP contribution is -2.43. The van der Waals surface area contributed by atoms with Crippen molar-refractivity contribution >= 4 is 29.1 Å². The minimum atomic E-state index is -0.565. The van der Waals surface area contributed by atoms with Crippen molar-refractivity contribution in [3.63, 3.8) is 0 Å². The van der Waals surface area contributed by atoms with E-state index in [1.54, 1.807) is 67.5 Å². The molecule has 1 aliphatic rings. The van der Waals surface area contributed by atoms with Gasteiger partial charge in [0.2, 0.25) is 5.91 Å². The molecular weight excluding hydrogens is 418 g/mol. The summed E-state index contributed by atoms with van der Waals surface area (Å²) in [5.74, 6) is 0.169. The van der Waals surface area contributed by atoms with Crippen molar-refractivity contribution < 1.29 is 14.3 Å². The maximum atomic E-state index is 13.2. The number of hydrogen-bond acceptors (Lipinski definition) is 5. The molecule has 0 saturated carbocycles. The van der Waals surface area contributed by atoms with Crippen LogP contribution in [0.25, 0.3) is 5.69 Å². The Morgan fingerprint density at radius 1 is 1.16 bits per heavy atom. The highest BCUT2D eigenvalue weighted by molar-refractivity contribution is 6.30. The smallest absolute Gasteiger partial charge is 0.277 e. The summed E-state index contributed by atoms with van der Waals surface area (Å²) < 4.78 is 5.14. The Kier molecular flexibility index (Phi) is 5.90.